The van der Waals surface area contributed by atoms with Crippen molar-refractivity contribution in [2.45, 2.75) is 46.6 Å². The van der Waals surface area contributed by atoms with Crippen molar-refractivity contribution in [3.05, 3.63) is 63.8 Å². The van der Waals surface area contributed by atoms with Crippen LogP contribution in [0.5, 0.6) is 0 Å². The topological polar surface area (TPSA) is 74.8 Å². The standard InChI is InChI=1S/C19H25N3O2/c1-13-20-15(11-17(23)21-13)10-16(14-8-6-5-7-9-14)22-18(24)12-19(2,3)4/h5-9,11,16H,10,12H2,1-4H3,(H,22,24)(H,20,21,23). The van der Waals surface area contributed by atoms with Crippen LogP contribution in [0.1, 0.15) is 50.3 Å². The van der Waals surface area contributed by atoms with Crippen LogP contribution < -0.4 is 10.9 Å². The van der Waals surface area contributed by atoms with Crippen molar-refractivity contribution >= 4 is 5.91 Å². The van der Waals surface area contributed by atoms with E-state index in [2.05, 4.69) is 15.3 Å². The van der Waals surface area contributed by atoms with E-state index in [-0.39, 0.29) is 22.9 Å². The molecule has 2 N–H and O–H groups in total. The zero-order chi connectivity index (χ0) is 17.7. The molecule has 1 amide bonds. The molecule has 1 unspecified atom stereocenters. The fourth-order valence-corrected chi connectivity index (χ4v) is 2.62. The fourth-order valence-electron chi connectivity index (χ4n) is 2.62. The number of carbonyl (C=O) groups excluding carboxylic acids is 1. The molecular formula is C19H25N3O2. The van der Waals surface area contributed by atoms with Gasteiger partial charge >= 0.3 is 0 Å². The summed E-state index contributed by atoms with van der Waals surface area (Å²) in [5.74, 6) is 0.572. The number of benzene rings is 1. The monoisotopic (exact) mass is 327 g/mol. The van der Waals surface area contributed by atoms with Crippen LogP contribution in [0, 0.1) is 12.3 Å². The second kappa shape index (κ2) is 7.43. The minimum Gasteiger partial charge on any atom is -0.349 e. The van der Waals surface area contributed by atoms with E-state index in [9.17, 15) is 9.59 Å². The largest absolute Gasteiger partial charge is 0.349 e. The molecule has 24 heavy (non-hydrogen) atoms. The molecule has 128 valence electrons. The van der Waals surface area contributed by atoms with Crippen LogP contribution in [0.2, 0.25) is 0 Å². The average molecular weight is 327 g/mol. The number of carbonyl (C=O) groups is 1. The summed E-state index contributed by atoms with van der Waals surface area (Å²) in [6.45, 7) is 7.85. The summed E-state index contributed by atoms with van der Waals surface area (Å²) in [7, 11) is 0. The van der Waals surface area contributed by atoms with Crippen LogP contribution >= 0.6 is 0 Å². The molecule has 1 heterocycles. The van der Waals surface area contributed by atoms with Gasteiger partial charge in [0.15, 0.2) is 0 Å². The molecule has 0 aliphatic rings. The van der Waals surface area contributed by atoms with Gasteiger partial charge in [-0.25, -0.2) is 4.98 Å². The second-order valence-corrected chi connectivity index (χ2v) is 7.29. The van der Waals surface area contributed by atoms with Gasteiger partial charge in [0, 0.05) is 18.9 Å². The lowest BCUT2D eigenvalue weighted by Crippen LogP contribution is -2.33. The van der Waals surface area contributed by atoms with Crippen LogP contribution in [0.4, 0.5) is 0 Å². The summed E-state index contributed by atoms with van der Waals surface area (Å²) >= 11 is 0. The quantitative estimate of drug-likeness (QED) is 0.886. The molecular weight excluding hydrogens is 302 g/mol. The van der Waals surface area contributed by atoms with Gasteiger partial charge in [0.05, 0.1) is 11.7 Å². The summed E-state index contributed by atoms with van der Waals surface area (Å²) in [4.78, 5) is 31.0. The highest BCUT2D eigenvalue weighted by atomic mass is 16.1. The minimum absolute atomic E-state index is 0.00193. The first-order chi connectivity index (χ1) is 11.2. The number of aryl methyl sites for hydroxylation is 1. The van der Waals surface area contributed by atoms with Gasteiger partial charge in [-0.15, -0.1) is 0 Å². The van der Waals surface area contributed by atoms with Crippen LogP contribution in [-0.2, 0) is 11.2 Å². The molecule has 5 heteroatoms. The fraction of sp³-hybridized carbons (Fsp3) is 0.421. The average Bonchev–Trinajstić information content (AvgIpc) is 2.44. The molecule has 1 aromatic heterocycles. The Hall–Kier alpha value is -2.43. The Morgan fingerprint density at radius 1 is 1.25 bits per heavy atom. The zero-order valence-electron chi connectivity index (χ0n) is 14.7. The van der Waals surface area contributed by atoms with E-state index in [0.29, 0.717) is 24.4 Å². The van der Waals surface area contributed by atoms with E-state index in [1.54, 1.807) is 6.92 Å². The highest BCUT2D eigenvalue weighted by Crippen LogP contribution is 2.21. The number of amides is 1. The number of aromatic nitrogens is 2. The number of hydrogen-bond acceptors (Lipinski definition) is 3. The Balaban J connectivity index is 2.23. The maximum absolute atomic E-state index is 12.4. The number of nitrogens with one attached hydrogen (secondary N) is 2. The van der Waals surface area contributed by atoms with Crippen molar-refractivity contribution in [3.8, 4) is 0 Å². The molecule has 0 saturated carbocycles. The zero-order valence-corrected chi connectivity index (χ0v) is 14.7. The molecule has 0 aliphatic heterocycles. The molecule has 1 aromatic carbocycles. The molecule has 0 radical (unpaired) electrons. The maximum atomic E-state index is 12.4. The summed E-state index contributed by atoms with van der Waals surface area (Å²) in [6.07, 6.45) is 0.919. The van der Waals surface area contributed by atoms with Crippen LogP contribution in [-0.4, -0.2) is 15.9 Å². The summed E-state index contributed by atoms with van der Waals surface area (Å²) < 4.78 is 0. The Morgan fingerprint density at radius 2 is 1.92 bits per heavy atom. The van der Waals surface area contributed by atoms with Crippen molar-refractivity contribution in [1.29, 1.82) is 0 Å². The first-order valence-corrected chi connectivity index (χ1v) is 8.14. The van der Waals surface area contributed by atoms with Gasteiger partial charge in [-0.1, -0.05) is 51.1 Å². The van der Waals surface area contributed by atoms with E-state index in [1.807, 2.05) is 51.1 Å². The predicted molar refractivity (Wildman–Crippen MR) is 94.7 cm³/mol. The molecule has 2 rings (SSSR count). The van der Waals surface area contributed by atoms with Crippen molar-refractivity contribution in [3.63, 3.8) is 0 Å². The molecule has 5 nitrogen and oxygen atoms in total. The number of aromatic amines is 1. The Bertz CT molecular complexity index is 745. The highest BCUT2D eigenvalue weighted by molar-refractivity contribution is 5.77. The predicted octanol–water partition coefficient (Wildman–Crippen LogP) is 2.91. The van der Waals surface area contributed by atoms with E-state index in [1.165, 1.54) is 6.07 Å². The van der Waals surface area contributed by atoms with E-state index >= 15 is 0 Å². The molecule has 0 fully saturated rings. The van der Waals surface area contributed by atoms with E-state index < -0.39 is 0 Å². The number of rotatable bonds is 5. The van der Waals surface area contributed by atoms with Gasteiger partial charge in [-0.05, 0) is 17.9 Å². The first-order valence-electron chi connectivity index (χ1n) is 8.14. The second-order valence-electron chi connectivity index (χ2n) is 7.29. The molecule has 0 saturated heterocycles. The summed E-state index contributed by atoms with van der Waals surface area (Å²) in [5, 5.41) is 3.09. The normalized spacial score (nSPS) is 12.7. The van der Waals surface area contributed by atoms with E-state index in [4.69, 9.17) is 0 Å². The lowest BCUT2D eigenvalue weighted by Gasteiger charge is -2.23. The van der Waals surface area contributed by atoms with Gasteiger partial charge in [0.1, 0.15) is 5.82 Å². The SMILES string of the molecule is Cc1nc(CC(NC(=O)CC(C)(C)C)c2ccccc2)cc(=O)[nH]1. The lowest BCUT2D eigenvalue weighted by molar-refractivity contribution is -0.123. The van der Waals surface area contributed by atoms with Crippen molar-refractivity contribution in [2.24, 2.45) is 5.41 Å². The minimum atomic E-state index is -0.213. The smallest absolute Gasteiger partial charge is 0.251 e. The van der Waals surface area contributed by atoms with Gasteiger partial charge in [-0.3, -0.25) is 9.59 Å². The highest BCUT2D eigenvalue weighted by Gasteiger charge is 2.20. The molecule has 1 atom stereocenters. The number of hydrogen-bond donors (Lipinski definition) is 2. The lowest BCUT2D eigenvalue weighted by atomic mass is 9.91. The molecule has 0 aliphatic carbocycles. The Kier molecular flexibility index (Phi) is 5.54. The Labute approximate surface area is 142 Å². The van der Waals surface area contributed by atoms with Gasteiger partial charge in [-0.2, -0.15) is 0 Å². The Morgan fingerprint density at radius 3 is 2.50 bits per heavy atom. The number of nitrogens with zero attached hydrogens (tertiary/aromatic N) is 1. The van der Waals surface area contributed by atoms with Crippen LogP contribution in [0.25, 0.3) is 0 Å². The third-order valence-electron chi connectivity index (χ3n) is 3.55. The van der Waals surface area contributed by atoms with Crippen molar-refractivity contribution in [1.82, 2.24) is 15.3 Å². The molecule has 2 aromatic rings. The molecule has 0 bridgehead atoms. The number of H-pyrrole nitrogens is 1. The van der Waals surface area contributed by atoms with Crippen LogP contribution in [0.15, 0.2) is 41.2 Å². The van der Waals surface area contributed by atoms with Gasteiger partial charge in [0.2, 0.25) is 5.91 Å². The van der Waals surface area contributed by atoms with Gasteiger partial charge in [0.25, 0.3) is 5.56 Å². The van der Waals surface area contributed by atoms with Crippen molar-refractivity contribution in [2.75, 3.05) is 0 Å². The van der Waals surface area contributed by atoms with Crippen molar-refractivity contribution < 1.29 is 4.79 Å². The third kappa shape index (κ3) is 5.65. The summed E-state index contributed by atoms with van der Waals surface area (Å²) in [6, 6.07) is 11.0. The van der Waals surface area contributed by atoms with E-state index in [0.717, 1.165) is 5.56 Å². The third-order valence-corrected chi connectivity index (χ3v) is 3.55. The summed E-state index contributed by atoms with van der Waals surface area (Å²) in [5.41, 5.74) is 1.41. The maximum Gasteiger partial charge on any atom is 0.251 e. The first kappa shape index (κ1) is 17.9. The molecule has 0 spiro atoms. The van der Waals surface area contributed by atoms with Crippen LogP contribution in [0.3, 0.4) is 0 Å². The van der Waals surface area contributed by atoms with Gasteiger partial charge < -0.3 is 10.3 Å².